The maximum atomic E-state index is 13.1. The third-order valence-electron chi connectivity index (χ3n) is 3.75. The van der Waals surface area contributed by atoms with Crippen molar-refractivity contribution >= 4 is 38.3 Å². The number of nitrogens with zero attached hydrogens (tertiary/aromatic N) is 2. The second-order valence-corrected chi connectivity index (χ2v) is 6.71. The third-order valence-corrected chi connectivity index (χ3v) is 4.24. The van der Waals surface area contributed by atoms with Crippen LogP contribution in [0.5, 0.6) is 11.6 Å². The maximum Gasteiger partial charge on any atom is 0.229 e. The second-order valence-electron chi connectivity index (χ2n) is 5.80. The van der Waals surface area contributed by atoms with Gasteiger partial charge in [0.25, 0.3) is 0 Å². The number of H-pyrrole nitrogens is 1. The lowest BCUT2D eigenvalue weighted by atomic mass is 10.1. The van der Waals surface area contributed by atoms with Crippen molar-refractivity contribution in [2.24, 2.45) is 0 Å². The average molecular weight is 413 g/mol. The molecule has 0 saturated carbocycles. The number of ether oxygens (including phenoxy) is 1. The molecule has 0 radical (unpaired) electrons. The number of rotatable bonds is 4. The van der Waals surface area contributed by atoms with Crippen molar-refractivity contribution < 1.29 is 9.13 Å². The fraction of sp³-hybridized carbons (Fsp3) is 0.0526. The highest BCUT2D eigenvalue weighted by molar-refractivity contribution is 9.10. The lowest BCUT2D eigenvalue weighted by molar-refractivity contribution is 0.468. The summed E-state index contributed by atoms with van der Waals surface area (Å²) in [5.74, 6) is 1.88. The number of halogens is 2. The molecule has 0 aliphatic rings. The van der Waals surface area contributed by atoms with E-state index in [4.69, 9.17) is 4.74 Å². The van der Waals surface area contributed by atoms with Gasteiger partial charge in [-0.05, 0) is 60.8 Å². The number of benzene rings is 2. The van der Waals surface area contributed by atoms with E-state index in [1.807, 2.05) is 37.3 Å². The first-order valence-electron chi connectivity index (χ1n) is 7.89. The first-order valence-corrected chi connectivity index (χ1v) is 8.69. The number of pyridine rings is 1. The van der Waals surface area contributed by atoms with Crippen LogP contribution in [0.2, 0.25) is 0 Å². The number of aromatic nitrogens is 3. The maximum absolute atomic E-state index is 13.1. The Morgan fingerprint density at radius 3 is 2.58 bits per heavy atom. The van der Waals surface area contributed by atoms with E-state index in [1.165, 1.54) is 12.1 Å². The summed E-state index contributed by atoms with van der Waals surface area (Å²) in [5.41, 5.74) is 0.943. The molecule has 130 valence electrons. The van der Waals surface area contributed by atoms with Crippen molar-refractivity contribution in [1.29, 1.82) is 0 Å². The first-order chi connectivity index (χ1) is 12.6. The molecule has 7 heteroatoms. The number of hydrogen-bond acceptors (Lipinski definition) is 4. The zero-order valence-electron chi connectivity index (χ0n) is 13.8. The minimum Gasteiger partial charge on any atom is -0.438 e. The molecule has 0 bridgehead atoms. The normalized spacial score (nSPS) is 10.9. The van der Waals surface area contributed by atoms with Gasteiger partial charge in [-0.1, -0.05) is 15.9 Å². The highest BCUT2D eigenvalue weighted by atomic mass is 79.9. The van der Waals surface area contributed by atoms with Crippen LogP contribution in [0.25, 0.3) is 10.8 Å². The van der Waals surface area contributed by atoms with Crippen LogP contribution in [0.1, 0.15) is 5.69 Å². The summed E-state index contributed by atoms with van der Waals surface area (Å²) in [6.45, 7) is 1.92. The van der Waals surface area contributed by atoms with E-state index in [0.717, 1.165) is 20.9 Å². The molecule has 2 heterocycles. The molecule has 0 amide bonds. The minimum atomic E-state index is -0.316. The van der Waals surface area contributed by atoms with Crippen LogP contribution in [0.4, 0.5) is 16.0 Å². The van der Waals surface area contributed by atoms with E-state index in [1.54, 1.807) is 12.1 Å². The summed E-state index contributed by atoms with van der Waals surface area (Å²) in [6.07, 6.45) is 0. The Kier molecular flexibility index (Phi) is 4.30. The Hall–Kier alpha value is -2.93. The van der Waals surface area contributed by atoms with Gasteiger partial charge in [-0.2, -0.15) is 10.1 Å². The van der Waals surface area contributed by atoms with Crippen molar-refractivity contribution in [2.75, 3.05) is 5.32 Å². The van der Waals surface area contributed by atoms with Crippen LogP contribution in [0.15, 0.2) is 59.1 Å². The lowest BCUT2D eigenvalue weighted by Gasteiger charge is -2.11. The number of hydrogen-bond donors (Lipinski definition) is 2. The van der Waals surface area contributed by atoms with Gasteiger partial charge in [0, 0.05) is 21.6 Å². The second kappa shape index (κ2) is 6.76. The summed E-state index contributed by atoms with van der Waals surface area (Å²) < 4.78 is 20.0. The molecule has 0 unspecified atom stereocenters. The predicted molar refractivity (Wildman–Crippen MR) is 103 cm³/mol. The van der Waals surface area contributed by atoms with Crippen molar-refractivity contribution in [3.05, 3.63) is 70.6 Å². The molecule has 0 aliphatic carbocycles. The summed E-state index contributed by atoms with van der Waals surface area (Å²) in [7, 11) is 0. The Morgan fingerprint density at radius 2 is 1.85 bits per heavy atom. The van der Waals surface area contributed by atoms with Crippen molar-refractivity contribution in [1.82, 2.24) is 15.2 Å². The summed E-state index contributed by atoms with van der Waals surface area (Å²) in [6, 6.07) is 15.5. The molecule has 0 spiro atoms. The van der Waals surface area contributed by atoms with Gasteiger partial charge in [-0.15, -0.1) is 0 Å². The van der Waals surface area contributed by atoms with E-state index >= 15 is 0 Å². The highest BCUT2D eigenvalue weighted by Gasteiger charge is 2.10. The standard InChI is InChI=1S/C19H14BrFN4O/c1-11-8-18(25-24-11)22-17-10-12-9-13(20)2-7-16(12)19(23-17)26-15-5-3-14(21)4-6-15/h2-10H,1H3,(H2,22,23,24,25). The first kappa shape index (κ1) is 16.5. The molecule has 2 aromatic carbocycles. The molecule has 2 aromatic heterocycles. The van der Waals surface area contributed by atoms with E-state index in [-0.39, 0.29) is 5.82 Å². The summed E-state index contributed by atoms with van der Waals surface area (Å²) >= 11 is 3.49. The molecule has 4 rings (SSSR count). The van der Waals surface area contributed by atoms with Gasteiger partial charge in [0.1, 0.15) is 17.4 Å². The fourth-order valence-electron chi connectivity index (χ4n) is 2.57. The Morgan fingerprint density at radius 1 is 1.04 bits per heavy atom. The summed E-state index contributed by atoms with van der Waals surface area (Å²) in [5, 5.41) is 12.0. The Bertz CT molecular complexity index is 1080. The van der Waals surface area contributed by atoms with Crippen molar-refractivity contribution in [2.45, 2.75) is 6.92 Å². The Balaban J connectivity index is 1.77. The molecule has 4 aromatic rings. The average Bonchev–Trinajstić information content (AvgIpc) is 3.01. The van der Waals surface area contributed by atoms with E-state index in [9.17, 15) is 4.39 Å². The summed E-state index contributed by atoms with van der Waals surface area (Å²) in [4.78, 5) is 4.56. The number of anilines is 2. The Labute approximate surface area is 157 Å². The van der Waals surface area contributed by atoms with Gasteiger partial charge < -0.3 is 10.1 Å². The highest BCUT2D eigenvalue weighted by Crippen LogP contribution is 2.32. The van der Waals surface area contributed by atoms with Crippen molar-refractivity contribution in [3.8, 4) is 11.6 Å². The monoisotopic (exact) mass is 412 g/mol. The molecule has 0 fully saturated rings. The number of aryl methyl sites for hydroxylation is 1. The van der Waals surface area contributed by atoms with Crippen LogP contribution in [-0.4, -0.2) is 15.2 Å². The van der Waals surface area contributed by atoms with E-state index in [2.05, 4.69) is 36.4 Å². The largest absolute Gasteiger partial charge is 0.438 e. The van der Waals surface area contributed by atoms with Gasteiger partial charge in [0.05, 0.1) is 0 Å². The molecule has 2 N–H and O–H groups in total. The topological polar surface area (TPSA) is 62.8 Å². The minimum absolute atomic E-state index is 0.316. The van der Waals surface area contributed by atoms with Crippen LogP contribution < -0.4 is 10.1 Å². The van der Waals surface area contributed by atoms with Gasteiger partial charge in [-0.25, -0.2) is 4.39 Å². The van der Waals surface area contributed by atoms with Crippen LogP contribution in [0.3, 0.4) is 0 Å². The van der Waals surface area contributed by atoms with Gasteiger partial charge >= 0.3 is 0 Å². The number of fused-ring (bicyclic) bond motifs is 1. The molecule has 26 heavy (non-hydrogen) atoms. The van der Waals surface area contributed by atoms with Crippen LogP contribution in [-0.2, 0) is 0 Å². The predicted octanol–water partition coefficient (Wildman–Crippen LogP) is 5.70. The zero-order chi connectivity index (χ0) is 18.1. The van der Waals surface area contributed by atoms with E-state index in [0.29, 0.717) is 23.3 Å². The molecule has 5 nitrogen and oxygen atoms in total. The van der Waals surface area contributed by atoms with Crippen molar-refractivity contribution in [3.63, 3.8) is 0 Å². The number of nitrogens with one attached hydrogen (secondary N) is 2. The quantitative estimate of drug-likeness (QED) is 0.450. The molecule has 0 atom stereocenters. The van der Waals surface area contributed by atoms with Gasteiger partial charge in [-0.3, -0.25) is 5.10 Å². The zero-order valence-corrected chi connectivity index (χ0v) is 15.3. The number of aromatic amines is 1. The fourth-order valence-corrected chi connectivity index (χ4v) is 2.95. The molecule has 0 aliphatic heterocycles. The molecular formula is C19H14BrFN4O. The molecular weight excluding hydrogens is 399 g/mol. The van der Waals surface area contributed by atoms with Crippen LogP contribution >= 0.6 is 15.9 Å². The SMILES string of the molecule is Cc1cc(Nc2cc3cc(Br)ccc3c(Oc3ccc(F)cc3)n2)n[nH]1. The van der Waals surface area contributed by atoms with Gasteiger partial charge in [0.2, 0.25) is 5.88 Å². The van der Waals surface area contributed by atoms with Gasteiger partial charge in [0.15, 0.2) is 5.82 Å². The smallest absolute Gasteiger partial charge is 0.229 e. The molecule has 0 saturated heterocycles. The van der Waals surface area contributed by atoms with E-state index < -0.39 is 0 Å². The third kappa shape index (κ3) is 3.52. The van der Waals surface area contributed by atoms with Crippen LogP contribution in [0, 0.1) is 12.7 Å². The lowest BCUT2D eigenvalue weighted by Crippen LogP contribution is -1.97.